The van der Waals surface area contributed by atoms with Gasteiger partial charge in [0.05, 0.1) is 10.7 Å². The molecule has 0 aliphatic heterocycles. The van der Waals surface area contributed by atoms with E-state index in [-0.39, 0.29) is 0 Å². The van der Waals surface area contributed by atoms with E-state index in [9.17, 15) is 0 Å². The summed E-state index contributed by atoms with van der Waals surface area (Å²) in [7, 11) is 0. The summed E-state index contributed by atoms with van der Waals surface area (Å²) in [6.45, 7) is 7.25. The summed E-state index contributed by atoms with van der Waals surface area (Å²) in [5, 5.41) is 4.65. The average Bonchev–Trinajstić information content (AvgIpc) is 2.58. The van der Waals surface area contributed by atoms with E-state index < -0.39 is 0 Å². The van der Waals surface area contributed by atoms with E-state index in [1.54, 1.807) is 11.3 Å². The molecule has 0 aliphatic carbocycles. The normalized spacial score (nSPS) is 10.5. The van der Waals surface area contributed by atoms with Crippen molar-refractivity contribution in [1.29, 1.82) is 0 Å². The van der Waals surface area contributed by atoms with Gasteiger partial charge in [0.1, 0.15) is 0 Å². The average molecular weight is 246 g/mol. The third-order valence-corrected chi connectivity index (χ3v) is 3.89. The highest BCUT2D eigenvalue weighted by Crippen LogP contribution is 2.17. The number of aromatic nitrogens is 1. The van der Waals surface area contributed by atoms with Gasteiger partial charge in [-0.05, 0) is 38.5 Å². The van der Waals surface area contributed by atoms with Crippen molar-refractivity contribution in [3.8, 4) is 0 Å². The van der Waals surface area contributed by atoms with E-state index in [0.717, 1.165) is 13.0 Å². The molecule has 3 heteroatoms. The fraction of sp³-hybridized carbons (Fsp3) is 0.357. The molecule has 2 nitrogen and oxygen atoms in total. The number of nitrogens with zero attached hydrogens (tertiary/aromatic N) is 1. The Morgan fingerprint density at radius 1 is 1.24 bits per heavy atom. The van der Waals surface area contributed by atoms with Crippen molar-refractivity contribution in [1.82, 2.24) is 4.98 Å². The molecule has 90 valence electrons. The van der Waals surface area contributed by atoms with Gasteiger partial charge < -0.3 is 5.32 Å². The molecular formula is C14H18N2S. The quantitative estimate of drug-likeness (QED) is 0.889. The van der Waals surface area contributed by atoms with Crippen LogP contribution in [-0.4, -0.2) is 11.5 Å². The maximum atomic E-state index is 4.54. The Morgan fingerprint density at radius 2 is 2.06 bits per heavy atom. The van der Waals surface area contributed by atoms with Crippen LogP contribution in [0, 0.1) is 20.8 Å². The van der Waals surface area contributed by atoms with Crippen LogP contribution in [0.3, 0.4) is 0 Å². The van der Waals surface area contributed by atoms with Gasteiger partial charge in [-0.2, -0.15) is 0 Å². The monoisotopic (exact) mass is 246 g/mol. The van der Waals surface area contributed by atoms with Gasteiger partial charge in [-0.15, -0.1) is 11.3 Å². The molecule has 0 aliphatic rings. The SMILES string of the molecule is Cc1cccc(NCCc2nc(C)c(C)s2)c1. The Labute approximate surface area is 107 Å². The molecule has 0 saturated heterocycles. The lowest BCUT2D eigenvalue weighted by Gasteiger charge is -2.05. The molecule has 0 unspecified atom stereocenters. The van der Waals surface area contributed by atoms with Crippen molar-refractivity contribution in [3.05, 3.63) is 45.4 Å². The molecular weight excluding hydrogens is 228 g/mol. The zero-order chi connectivity index (χ0) is 12.3. The number of hydrogen-bond acceptors (Lipinski definition) is 3. The molecule has 2 rings (SSSR count). The van der Waals surface area contributed by atoms with Crippen LogP contribution in [0.4, 0.5) is 5.69 Å². The minimum atomic E-state index is 0.940. The van der Waals surface area contributed by atoms with Crippen LogP contribution in [0.1, 0.15) is 21.1 Å². The van der Waals surface area contributed by atoms with E-state index >= 15 is 0 Å². The first-order valence-corrected chi connectivity index (χ1v) is 6.70. The van der Waals surface area contributed by atoms with Crippen molar-refractivity contribution in [2.24, 2.45) is 0 Å². The van der Waals surface area contributed by atoms with Crippen molar-refractivity contribution >= 4 is 17.0 Å². The van der Waals surface area contributed by atoms with E-state index in [1.165, 1.54) is 26.8 Å². The summed E-state index contributed by atoms with van der Waals surface area (Å²) < 4.78 is 0. The highest BCUT2D eigenvalue weighted by Gasteiger charge is 2.02. The van der Waals surface area contributed by atoms with Crippen molar-refractivity contribution in [2.45, 2.75) is 27.2 Å². The first-order chi connectivity index (χ1) is 8.15. The molecule has 1 aromatic heterocycles. The molecule has 0 spiro atoms. The van der Waals surface area contributed by atoms with Gasteiger partial charge in [0, 0.05) is 23.5 Å². The summed E-state index contributed by atoms with van der Waals surface area (Å²) in [4.78, 5) is 5.87. The smallest absolute Gasteiger partial charge is 0.0948 e. The predicted molar refractivity (Wildman–Crippen MR) is 75.0 cm³/mol. The zero-order valence-corrected chi connectivity index (χ0v) is 11.4. The standard InChI is InChI=1S/C14H18N2S/c1-10-5-4-6-13(9-10)15-8-7-14-16-11(2)12(3)17-14/h4-6,9,15H,7-8H2,1-3H3. The second kappa shape index (κ2) is 5.32. The molecule has 0 radical (unpaired) electrons. The first-order valence-electron chi connectivity index (χ1n) is 5.88. The van der Waals surface area contributed by atoms with E-state index in [1.807, 2.05) is 0 Å². The van der Waals surface area contributed by atoms with Crippen LogP contribution >= 0.6 is 11.3 Å². The highest BCUT2D eigenvalue weighted by molar-refractivity contribution is 7.11. The predicted octanol–water partition coefficient (Wildman–Crippen LogP) is 3.72. The van der Waals surface area contributed by atoms with Crippen molar-refractivity contribution in [3.63, 3.8) is 0 Å². The zero-order valence-electron chi connectivity index (χ0n) is 10.6. The van der Waals surface area contributed by atoms with Gasteiger partial charge in [0.15, 0.2) is 0 Å². The first kappa shape index (κ1) is 12.1. The molecule has 17 heavy (non-hydrogen) atoms. The third-order valence-electron chi connectivity index (χ3n) is 2.76. The number of thiazole rings is 1. The Morgan fingerprint density at radius 3 is 2.71 bits per heavy atom. The minimum absolute atomic E-state index is 0.940. The highest BCUT2D eigenvalue weighted by atomic mass is 32.1. The summed E-state index contributed by atoms with van der Waals surface area (Å²) in [5.74, 6) is 0. The minimum Gasteiger partial charge on any atom is -0.385 e. The van der Waals surface area contributed by atoms with Crippen LogP contribution in [-0.2, 0) is 6.42 Å². The topological polar surface area (TPSA) is 24.9 Å². The van der Waals surface area contributed by atoms with Crippen molar-refractivity contribution in [2.75, 3.05) is 11.9 Å². The Bertz CT molecular complexity index is 483. The van der Waals surface area contributed by atoms with E-state index in [2.05, 4.69) is 55.3 Å². The lowest BCUT2D eigenvalue weighted by Crippen LogP contribution is -2.04. The molecule has 0 saturated carbocycles. The molecule has 0 atom stereocenters. The molecule has 2 aromatic rings. The Kier molecular flexibility index (Phi) is 3.79. The Hall–Kier alpha value is -1.35. The van der Waals surface area contributed by atoms with Gasteiger partial charge in [0.2, 0.25) is 0 Å². The number of hydrogen-bond donors (Lipinski definition) is 1. The van der Waals surface area contributed by atoms with Crippen LogP contribution in [0.2, 0.25) is 0 Å². The maximum Gasteiger partial charge on any atom is 0.0948 e. The lowest BCUT2D eigenvalue weighted by molar-refractivity contribution is 0.985. The second-order valence-corrected chi connectivity index (χ2v) is 5.58. The number of aryl methyl sites for hydroxylation is 3. The van der Waals surface area contributed by atoms with Crippen LogP contribution in [0.5, 0.6) is 0 Å². The fourth-order valence-corrected chi connectivity index (χ4v) is 2.65. The van der Waals surface area contributed by atoms with Crippen LogP contribution < -0.4 is 5.32 Å². The van der Waals surface area contributed by atoms with Gasteiger partial charge in [-0.25, -0.2) is 4.98 Å². The largest absolute Gasteiger partial charge is 0.385 e. The van der Waals surface area contributed by atoms with Crippen LogP contribution in [0.15, 0.2) is 24.3 Å². The van der Waals surface area contributed by atoms with Gasteiger partial charge in [-0.3, -0.25) is 0 Å². The molecule has 0 amide bonds. The van der Waals surface area contributed by atoms with Crippen LogP contribution in [0.25, 0.3) is 0 Å². The summed E-state index contributed by atoms with van der Waals surface area (Å²) in [6, 6.07) is 8.46. The van der Waals surface area contributed by atoms with E-state index in [0.29, 0.717) is 0 Å². The molecule has 1 N–H and O–H groups in total. The summed E-state index contributed by atoms with van der Waals surface area (Å²) in [6.07, 6.45) is 0.993. The lowest BCUT2D eigenvalue weighted by atomic mass is 10.2. The summed E-state index contributed by atoms with van der Waals surface area (Å²) in [5.41, 5.74) is 3.64. The van der Waals surface area contributed by atoms with Gasteiger partial charge in [0.25, 0.3) is 0 Å². The van der Waals surface area contributed by atoms with Gasteiger partial charge in [-0.1, -0.05) is 12.1 Å². The number of nitrogens with one attached hydrogen (secondary N) is 1. The molecule has 0 fully saturated rings. The second-order valence-electron chi connectivity index (χ2n) is 4.30. The number of rotatable bonds is 4. The Balaban J connectivity index is 1.87. The number of anilines is 1. The summed E-state index contributed by atoms with van der Waals surface area (Å²) >= 11 is 1.80. The third kappa shape index (κ3) is 3.30. The molecule has 0 bridgehead atoms. The molecule has 1 heterocycles. The molecule has 1 aromatic carbocycles. The maximum absolute atomic E-state index is 4.54. The number of benzene rings is 1. The fourth-order valence-electron chi connectivity index (χ4n) is 1.71. The van der Waals surface area contributed by atoms with E-state index in [4.69, 9.17) is 0 Å². The van der Waals surface area contributed by atoms with Crippen molar-refractivity contribution < 1.29 is 0 Å². The van der Waals surface area contributed by atoms with Gasteiger partial charge >= 0.3 is 0 Å².